The van der Waals surface area contributed by atoms with Gasteiger partial charge in [0.1, 0.15) is 0 Å². The molecular weight excluding hydrogens is 456 g/mol. The van der Waals surface area contributed by atoms with E-state index in [4.69, 9.17) is 4.74 Å². The molecule has 1 amide bonds. The Morgan fingerprint density at radius 3 is 2.31 bits per heavy atom. The minimum absolute atomic E-state index is 0.00109. The number of aromatic nitrogens is 2. The van der Waals surface area contributed by atoms with Gasteiger partial charge >= 0.3 is 0 Å². The predicted octanol–water partition coefficient (Wildman–Crippen LogP) is 2.32. The van der Waals surface area contributed by atoms with E-state index >= 15 is 0 Å². The van der Waals surface area contributed by atoms with Crippen LogP contribution in [-0.2, 0) is 15.1 Å². The molecule has 1 aromatic heterocycles. The number of carbonyl (C=O) groups is 1. The lowest BCUT2D eigenvalue weighted by molar-refractivity contribution is -0.124. The number of aliphatic hydroxyl groups is 1. The molecule has 36 heavy (non-hydrogen) atoms. The zero-order chi connectivity index (χ0) is 25.3. The number of rotatable bonds is 5. The maximum Gasteiger partial charge on any atom is 0.232 e. The molecule has 9 nitrogen and oxygen atoms in total. The Morgan fingerprint density at radius 1 is 1.06 bits per heavy atom. The fourth-order valence-electron chi connectivity index (χ4n) is 6.18. The molecule has 1 unspecified atom stereocenters. The van der Waals surface area contributed by atoms with Crippen molar-refractivity contribution >= 4 is 17.5 Å². The van der Waals surface area contributed by atoms with E-state index in [-0.39, 0.29) is 22.9 Å². The first-order valence-corrected chi connectivity index (χ1v) is 13.0. The third-order valence-corrected chi connectivity index (χ3v) is 8.56. The van der Waals surface area contributed by atoms with Crippen molar-refractivity contribution in [3.8, 4) is 0 Å². The van der Waals surface area contributed by atoms with Crippen molar-refractivity contribution in [1.29, 1.82) is 0 Å². The van der Waals surface area contributed by atoms with E-state index < -0.39 is 6.35 Å². The van der Waals surface area contributed by atoms with Crippen LogP contribution in [0.4, 0.5) is 11.6 Å². The van der Waals surface area contributed by atoms with E-state index in [1.165, 1.54) is 10.5 Å². The quantitative estimate of drug-likeness (QED) is 0.654. The van der Waals surface area contributed by atoms with Gasteiger partial charge in [-0.15, -0.1) is 0 Å². The number of benzene rings is 1. The molecule has 1 spiro atoms. The van der Waals surface area contributed by atoms with Crippen LogP contribution >= 0.6 is 0 Å². The van der Waals surface area contributed by atoms with Crippen LogP contribution in [0, 0.1) is 5.92 Å². The maximum absolute atomic E-state index is 12.8. The molecule has 1 aliphatic carbocycles. The van der Waals surface area contributed by atoms with Gasteiger partial charge in [-0.1, -0.05) is 30.3 Å². The number of anilines is 2. The van der Waals surface area contributed by atoms with Gasteiger partial charge in [0.25, 0.3) is 0 Å². The molecule has 1 atom stereocenters. The van der Waals surface area contributed by atoms with Crippen molar-refractivity contribution in [1.82, 2.24) is 20.2 Å². The van der Waals surface area contributed by atoms with Gasteiger partial charge in [-0.3, -0.25) is 19.9 Å². The molecule has 3 fully saturated rings. The standard InChI is InChI=1S/C27H38N6O3/c1-31(2)27(21-7-5-4-6-8-21)13-11-26(12-14-27)19-33(25(35)30-26)22-17-28-24(29-18-22)32(3)23(34)20-9-15-36-16-10-20/h4-8,17-18,20,25,30,35H,9-16,19H2,1-3H3/t25?,26-,27+. The molecule has 3 aliphatic rings. The number of nitrogens with one attached hydrogen (secondary N) is 1. The zero-order valence-electron chi connectivity index (χ0n) is 21.6. The Balaban J connectivity index is 1.26. The van der Waals surface area contributed by atoms with Crippen LogP contribution in [0.1, 0.15) is 44.1 Å². The summed E-state index contributed by atoms with van der Waals surface area (Å²) in [7, 11) is 6.05. The lowest BCUT2D eigenvalue weighted by Gasteiger charge is -2.49. The summed E-state index contributed by atoms with van der Waals surface area (Å²) in [5.41, 5.74) is 1.93. The van der Waals surface area contributed by atoms with Crippen molar-refractivity contribution in [3.63, 3.8) is 0 Å². The van der Waals surface area contributed by atoms with Crippen molar-refractivity contribution in [2.45, 2.75) is 56.0 Å². The molecule has 3 heterocycles. The molecule has 0 bridgehead atoms. The molecule has 2 aliphatic heterocycles. The Morgan fingerprint density at radius 2 is 1.69 bits per heavy atom. The Kier molecular flexibility index (Phi) is 7.00. The molecule has 1 saturated carbocycles. The Labute approximate surface area is 213 Å². The second kappa shape index (κ2) is 10.0. The van der Waals surface area contributed by atoms with Gasteiger partial charge in [-0.25, -0.2) is 9.97 Å². The predicted molar refractivity (Wildman–Crippen MR) is 138 cm³/mol. The second-order valence-electron chi connectivity index (χ2n) is 10.7. The normalized spacial score (nSPS) is 29.1. The summed E-state index contributed by atoms with van der Waals surface area (Å²) in [4.78, 5) is 27.6. The fraction of sp³-hybridized carbons (Fsp3) is 0.593. The molecule has 1 aromatic carbocycles. The largest absolute Gasteiger partial charge is 0.381 e. The van der Waals surface area contributed by atoms with Crippen LogP contribution in [0.25, 0.3) is 0 Å². The molecule has 9 heteroatoms. The number of aliphatic hydroxyl groups excluding tert-OH is 1. The van der Waals surface area contributed by atoms with E-state index in [2.05, 4.69) is 64.6 Å². The summed E-state index contributed by atoms with van der Waals surface area (Å²) in [6, 6.07) is 10.7. The molecule has 2 saturated heterocycles. The first-order valence-electron chi connectivity index (χ1n) is 13.0. The van der Waals surface area contributed by atoms with E-state index in [9.17, 15) is 9.90 Å². The fourth-order valence-corrected chi connectivity index (χ4v) is 6.18. The molecule has 5 rings (SSSR count). The summed E-state index contributed by atoms with van der Waals surface area (Å²) in [5, 5.41) is 14.4. The number of nitrogens with zero attached hydrogens (tertiary/aromatic N) is 5. The van der Waals surface area contributed by atoms with Gasteiger partial charge in [0.2, 0.25) is 11.9 Å². The second-order valence-corrected chi connectivity index (χ2v) is 10.7. The van der Waals surface area contributed by atoms with Crippen molar-refractivity contribution < 1.29 is 14.6 Å². The van der Waals surface area contributed by atoms with Crippen LogP contribution in [0.3, 0.4) is 0 Å². The maximum atomic E-state index is 12.8. The van der Waals surface area contributed by atoms with Crippen LogP contribution in [0.15, 0.2) is 42.7 Å². The summed E-state index contributed by atoms with van der Waals surface area (Å²) in [5.74, 6) is 0.355. The topological polar surface area (TPSA) is 94.1 Å². The Hall–Kier alpha value is -2.59. The minimum Gasteiger partial charge on any atom is -0.381 e. The first kappa shape index (κ1) is 25.1. The molecule has 2 aromatic rings. The van der Waals surface area contributed by atoms with Crippen molar-refractivity contribution in [2.24, 2.45) is 5.92 Å². The summed E-state index contributed by atoms with van der Waals surface area (Å²) in [6.45, 7) is 1.92. The number of hydrogen-bond acceptors (Lipinski definition) is 8. The molecular formula is C27H38N6O3. The van der Waals surface area contributed by atoms with Gasteiger partial charge in [0.05, 0.1) is 18.1 Å². The van der Waals surface area contributed by atoms with Crippen LogP contribution in [-0.4, -0.2) is 78.7 Å². The lowest BCUT2D eigenvalue weighted by atomic mass is 9.69. The average molecular weight is 495 g/mol. The van der Waals surface area contributed by atoms with Crippen LogP contribution in [0.5, 0.6) is 0 Å². The highest BCUT2D eigenvalue weighted by Crippen LogP contribution is 2.46. The van der Waals surface area contributed by atoms with E-state index in [1.807, 2.05) is 4.90 Å². The zero-order valence-corrected chi connectivity index (χ0v) is 21.6. The van der Waals surface area contributed by atoms with Gasteiger partial charge in [-0.05, 0) is 58.2 Å². The number of ether oxygens (including phenoxy) is 1. The highest BCUT2D eigenvalue weighted by molar-refractivity contribution is 5.92. The van der Waals surface area contributed by atoms with Gasteiger partial charge < -0.3 is 14.7 Å². The van der Waals surface area contributed by atoms with Crippen LogP contribution in [0.2, 0.25) is 0 Å². The third-order valence-electron chi connectivity index (χ3n) is 8.56. The number of carbonyl (C=O) groups excluding carboxylic acids is 1. The monoisotopic (exact) mass is 494 g/mol. The average Bonchev–Trinajstić information content (AvgIpc) is 3.24. The third kappa shape index (κ3) is 4.61. The number of hydrogen-bond donors (Lipinski definition) is 2. The highest BCUT2D eigenvalue weighted by atomic mass is 16.5. The Bertz CT molecular complexity index is 1030. The van der Waals surface area contributed by atoms with Gasteiger partial charge in [0.15, 0.2) is 6.35 Å². The van der Waals surface area contributed by atoms with Crippen LogP contribution < -0.4 is 15.1 Å². The SMILES string of the molecule is CN(C(=O)C1CCOCC1)c1ncc(N2C[C@]3(CC[C@](c4ccccc4)(N(C)C)CC3)NC2O)cn1. The molecule has 2 N–H and O–H groups in total. The minimum atomic E-state index is -0.801. The van der Waals surface area contributed by atoms with E-state index in [1.54, 1.807) is 19.4 Å². The van der Waals surface area contributed by atoms with Gasteiger partial charge in [0, 0.05) is 43.8 Å². The van der Waals surface area contributed by atoms with E-state index in [0.717, 1.165) is 44.2 Å². The summed E-state index contributed by atoms with van der Waals surface area (Å²) < 4.78 is 5.37. The lowest BCUT2D eigenvalue weighted by Crippen LogP contribution is -2.54. The highest BCUT2D eigenvalue weighted by Gasteiger charge is 2.50. The smallest absolute Gasteiger partial charge is 0.232 e. The summed E-state index contributed by atoms with van der Waals surface area (Å²) >= 11 is 0. The van der Waals surface area contributed by atoms with Crippen molar-refractivity contribution in [3.05, 3.63) is 48.3 Å². The molecule has 194 valence electrons. The summed E-state index contributed by atoms with van der Waals surface area (Å²) in [6.07, 6.45) is 7.99. The number of amides is 1. The first-order chi connectivity index (χ1) is 17.3. The van der Waals surface area contributed by atoms with E-state index in [0.29, 0.717) is 25.7 Å². The molecule has 0 radical (unpaired) electrons. The van der Waals surface area contributed by atoms with Gasteiger partial charge in [-0.2, -0.15) is 0 Å². The van der Waals surface area contributed by atoms with Crippen molar-refractivity contribution in [2.75, 3.05) is 50.7 Å².